The van der Waals surface area contributed by atoms with E-state index < -0.39 is 0 Å². The Morgan fingerprint density at radius 2 is 1.59 bits per heavy atom. The minimum absolute atomic E-state index is 0.00133. The van der Waals surface area contributed by atoms with Gasteiger partial charge in [0.15, 0.2) is 0 Å². The van der Waals surface area contributed by atoms with Crippen LogP contribution in [-0.4, -0.2) is 10.9 Å². The summed E-state index contributed by atoms with van der Waals surface area (Å²) in [6.45, 7) is 2.43. The molecule has 0 aliphatic heterocycles. The molecular formula is C29H28FN3O. The minimum atomic E-state index is -0.295. The Kier molecular flexibility index (Phi) is 7.66. The molecule has 4 aromatic rings. The molecule has 0 aliphatic rings. The predicted molar refractivity (Wildman–Crippen MR) is 135 cm³/mol. The van der Waals surface area contributed by atoms with E-state index in [4.69, 9.17) is 0 Å². The third-order valence-corrected chi connectivity index (χ3v) is 5.74. The van der Waals surface area contributed by atoms with E-state index in [1.54, 1.807) is 23.2 Å². The molecule has 0 aliphatic carbocycles. The zero-order valence-electron chi connectivity index (χ0n) is 19.2. The first-order valence-electron chi connectivity index (χ1n) is 11.4. The Hall–Kier alpha value is -3.99. The van der Waals surface area contributed by atoms with E-state index >= 15 is 0 Å². The number of carbonyl (C=O) groups is 1. The normalized spacial score (nSPS) is 11.6. The van der Waals surface area contributed by atoms with Crippen molar-refractivity contribution >= 4 is 17.4 Å². The standard InChI is InChI=1S/C29H28FN3O/c1-22(25-10-6-3-7-11-25)32-28-20-27(18-19-31-28)33(21-24-12-15-26(30)16-13-24)29(34)17-14-23-8-4-2-5-9-23/h2-13,15-16,18-20,22H,14,17,21H2,1H3,(H,31,32)/t22-/m0/s1. The second kappa shape index (κ2) is 11.2. The third kappa shape index (κ3) is 6.29. The Labute approximate surface area is 200 Å². The lowest BCUT2D eigenvalue weighted by atomic mass is 10.1. The van der Waals surface area contributed by atoms with Gasteiger partial charge in [0.2, 0.25) is 5.91 Å². The first-order valence-corrected chi connectivity index (χ1v) is 11.4. The molecule has 0 unspecified atom stereocenters. The second-order valence-electron chi connectivity index (χ2n) is 8.27. The second-order valence-corrected chi connectivity index (χ2v) is 8.27. The van der Waals surface area contributed by atoms with Crippen molar-refractivity contribution in [3.8, 4) is 0 Å². The molecule has 1 amide bonds. The first-order chi connectivity index (χ1) is 16.6. The number of hydrogen-bond acceptors (Lipinski definition) is 3. The Morgan fingerprint density at radius 3 is 2.29 bits per heavy atom. The van der Waals surface area contributed by atoms with Gasteiger partial charge in [0.25, 0.3) is 0 Å². The highest BCUT2D eigenvalue weighted by Gasteiger charge is 2.18. The highest BCUT2D eigenvalue weighted by atomic mass is 19.1. The number of hydrogen-bond donors (Lipinski definition) is 1. The van der Waals surface area contributed by atoms with Crippen molar-refractivity contribution in [3.05, 3.63) is 126 Å². The van der Waals surface area contributed by atoms with Crippen molar-refractivity contribution in [1.82, 2.24) is 4.98 Å². The SMILES string of the molecule is C[C@H](Nc1cc(N(Cc2ccc(F)cc2)C(=O)CCc2ccccc2)ccn1)c1ccccc1. The van der Waals surface area contributed by atoms with Gasteiger partial charge in [-0.15, -0.1) is 0 Å². The molecule has 1 atom stereocenters. The van der Waals surface area contributed by atoms with E-state index in [0.717, 1.165) is 22.4 Å². The molecule has 1 N–H and O–H groups in total. The summed E-state index contributed by atoms with van der Waals surface area (Å²) in [5.41, 5.74) is 3.88. The van der Waals surface area contributed by atoms with Crippen LogP contribution < -0.4 is 10.2 Å². The van der Waals surface area contributed by atoms with Crippen molar-refractivity contribution in [2.24, 2.45) is 0 Å². The molecular weight excluding hydrogens is 425 g/mol. The number of nitrogens with zero attached hydrogens (tertiary/aromatic N) is 2. The van der Waals surface area contributed by atoms with E-state index in [-0.39, 0.29) is 17.8 Å². The van der Waals surface area contributed by atoms with Crippen LogP contribution in [-0.2, 0) is 17.8 Å². The van der Waals surface area contributed by atoms with Gasteiger partial charge in [-0.25, -0.2) is 9.37 Å². The van der Waals surface area contributed by atoms with Crippen molar-refractivity contribution in [3.63, 3.8) is 0 Å². The van der Waals surface area contributed by atoms with Crippen molar-refractivity contribution in [2.75, 3.05) is 10.2 Å². The predicted octanol–water partition coefficient (Wildman–Crippen LogP) is 6.56. The van der Waals surface area contributed by atoms with Gasteiger partial charge < -0.3 is 10.2 Å². The molecule has 0 saturated heterocycles. The molecule has 34 heavy (non-hydrogen) atoms. The molecule has 4 rings (SSSR count). The van der Waals surface area contributed by atoms with Crippen LogP contribution in [0.1, 0.15) is 36.1 Å². The van der Waals surface area contributed by atoms with Crippen LogP contribution in [0.4, 0.5) is 15.9 Å². The monoisotopic (exact) mass is 453 g/mol. The van der Waals surface area contributed by atoms with Gasteiger partial charge in [0.05, 0.1) is 6.54 Å². The number of aryl methyl sites for hydroxylation is 1. The number of pyridine rings is 1. The first kappa shape index (κ1) is 23.2. The van der Waals surface area contributed by atoms with Crippen LogP contribution in [0.5, 0.6) is 0 Å². The Morgan fingerprint density at radius 1 is 0.912 bits per heavy atom. The van der Waals surface area contributed by atoms with Crippen LogP contribution in [0.15, 0.2) is 103 Å². The number of anilines is 2. The molecule has 1 heterocycles. The highest BCUT2D eigenvalue weighted by molar-refractivity contribution is 5.93. The lowest BCUT2D eigenvalue weighted by Crippen LogP contribution is -2.30. The summed E-state index contributed by atoms with van der Waals surface area (Å²) in [5, 5.41) is 3.42. The number of benzene rings is 3. The number of halogens is 1. The maximum Gasteiger partial charge on any atom is 0.227 e. The fraction of sp³-hybridized carbons (Fsp3) is 0.172. The van der Waals surface area contributed by atoms with Gasteiger partial charge in [0, 0.05) is 30.4 Å². The van der Waals surface area contributed by atoms with E-state index in [0.29, 0.717) is 25.2 Å². The van der Waals surface area contributed by atoms with E-state index in [2.05, 4.69) is 29.4 Å². The van der Waals surface area contributed by atoms with E-state index in [1.165, 1.54) is 12.1 Å². The average molecular weight is 454 g/mol. The summed E-state index contributed by atoms with van der Waals surface area (Å²) >= 11 is 0. The molecule has 172 valence electrons. The minimum Gasteiger partial charge on any atom is -0.363 e. The van der Waals surface area contributed by atoms with Crippen molar-refractivity contribution in [2.45, 2.75) is 32.4 Å². The molecule has 5 heteroatoms. The summed E-state index contributed by atoms with van der Waals surface area (Å²) in [6, 6.07) is 30.2. The number of nitrogens with one attached hydrogen (secondary N) is 1. The molecule has 1 aromatic heterocycles. The van der Waals surface area contributed by atoms with Gasteiger partial charge in [-0.2, -0.15) is 0 Å². The van der Waals surface area contributed by atoms with Crippen LogP contribution in [0.3, 0.4) is 0 Å². The van der Waals surface area contributed by atoms with Gasteiger partial charge in [-0.1, -0.05) is 72.8 Å². The van der Waals surface area contributed by atoms with E-state index in [1.807, 2.05) is 60.7 Å². The number of amides is 1. The van der Waals surface area contributed by atoms with Gasteiger partial charge in [-0.3, -0.25) is 4.79 Å². The number of aromatic nitrogens is 1. The third-order valence-electron chi connectivity index (χ3n) is 5.74. The van der Waals surface area contributed by atoms with Crippen LogP contribution >= 0.6 is 0 Å². The molecule has 0 bridgehead atoms. The lowest BCUT2D eigenvalue weighted by molar-refractivity contribution is -0.118. The fourth-order valence-electron chi connectivity index (χ4n) is 3.84. The summed E-state index contributed by atoms with van der Waals surface area (Å²) < 4.78 is 13.4. The fourth-order valence-corrected chi connectivity index (χ4v) is 3.84. The van der Waals surface area contributed by atoms with Gasteiger partial charge in [0.1, 0.15) is 11.6 Å². The Bertz CT molecular complexity index is 1200. The van der Waals surface area contributed by atoms with E-state index in [9.17, 15) is 9.18 Å². The molecule has 0 fully saturated rings. The summed E-state index contributed by atoms with van der Waals surface area (Å²) in [7, 11) is 0. The maximum absolute atomic E-state index is 13.4. The number of carbonyl (C=O) groups excluding carboxylic acids is 1. The van der Waals surface area contributed by atoms with Crippen molar-refractivity contribution < 1.29 is 9.18 Å². The quantitative estimate of drug-likeness (QED) is 0.312. The lowest BCUT2D eigenvalue weighted by Gasteiger charge is -2.24. The topological polar surface area (TPSA) is 45.2 Å². The average Bonchev–Trinajstić information content (AvgIpc) is 2.88. The van der Waals surface area contributed by atoms with Crippen molar-refractivity contribution in [1.29, 1.82) is 0 Å². The van der Waals surface area contributed by atoms with Crippen LogP contribution in [0.25, 0.3) is 0 Å². The van der Waals surface area contributed by atoms with Crippen LogP contribution in [0, 0.1) is 5.82 Å². The molecule has 4 nitrogen and oxygen atoms in total. The van der Waals surface area contributed by atoms with Gasteiger partial charge in [-0.05, 0) is 48.2 Å². The number of rotatable bonds is 9. The van der Waals surface area contributed by atoms with Crippen LogP contribution in [0.2, 0.25) is 0 Å². The zero-order chi connectivity index (χ0) is 23.8. The summed E-state index contributed by atoms with van der Waals surface area (Å²) in [6.07, 6.45) is 2.73. The molecule has 0 radical (unpaired) electrons. The summed E-state index contributed by atoms with van der Waals surface area (Å²) in [5.74, 6) is 0.395. The Balaban J connectivity index is 1.55. The maximum atomic E-state index is 13.4. The van der Waals surface area contributed by atoms with Gasteiger partial charge >= 0.3 is 0 Å². The highest BCUT2D eigenvalue weighted by Crippen LogP contribution is 2.24. The molecule has 0 spiro atoms. The zero-order valence-corrected chi connectivity index (χ0v) is 19.2. The molecule has 3 aromatic carbocycles. The largest absolute Gasteiger partial charge is 0.363 e. The summed E-state index contributed by atoms with van der Waals surface area (Å²) in [4.78, 5) is 19.6. The molecule has 0 saturated carbocycles. The smallest absolute Gasteiger partial charge is 0.227 e.